The lowest BCUT2D eigenvalue weighted by molar-refractivity contribution is 0.250. The van der Waals surface area contributed by atoms with Crippen LogP contribution in [0.15, 0.2) is 23.5 Å². The summed E-state index contributed by atoms with van der Waals surface area (Å²) in [6, 6.07) is 3.56. The molecule has 1 saturated carbocycles. The van der Waals surface area contributed by atoms with Crippen LogP contribution in [0, 0.1) is 5.92 Å². The molecule has 5 nitrogen and oxygen atoms in total. The lowest BCUT2D eigenvalue weighted by Crippen LogP contribution is -2.18. The third-order valence-electron chi connectivity index (χ3n) is 3.07. The highest BCUT2D eigenvalue weighted by Gasteiger charge is 2.17. The highest BCUT2D eigenvalue weighted by atomic mass is 16.5. The molecule has 0 atom stereocenters. The van der Waals surface area contributed by atoms with Gasteiger partial charge in [0.15, 0.2) is 11.5 Å². The van der Waals surface area contributed by atoms with Gasteiger partial charge in [0.1, 0.15) is 5.75 Å². The van der Waals surface area contributed by atoms with E-state index in [4.69, 9.17) is 15.7 Å². The Kier molecular flexibility index (Phi) is 3.80. The van der Waals surface area contributed by atoms with Crippen molar-refractivity contribution in [1.82, 2.24) is 4.98 Å². The molecule has 1 aromatic rings. The Balaban J connectivity index is 2.04. The lowest BCUT2D eigenvalue weighted by atomic mass is 10.1. The number of oxime groups is 1. The number of nitrogens with zero attached hydrogens (tertiary/aromatic N) is 2. The highest BCUT2D eigenvalue weighted by Crippen LogP contribution is 2.26. The molecule has 1 aliphatic rings. The molecule has 0 aliphatic heterocycles. The predicted molar refractivity (Wildman–Crippen MR) is 64.2 cm³/mol. The van der Waals surface area contributed by atoms with Crippen LogP contribution >= 0.6 is 0 Å². The van der Waals surface area contributed by atoms with Gasteiger partial charge < -0.3 is 15.7 Å². The van der Waals surface area contributed by atoms with Crippen molar-refractivity contribution < 1.29 is 9.94 Å². The molecule has 17 heavy (non-hydrogen) atoms. The quantitative estimate of drug-likeness (QED) is 0.360. The second kappa shape index (κ2) is 5.52. The summed E-state index contributed by atoms with van der Waals surface area (Å²) >= 11 is 0. The van der Waals surface area contributed by atoms with E-state index in [-0.39, 0.29) is 5.84 Å². The van der Waals surface area contributed by atoms with E-state index in [0.29, 0.717) is 24.0 Å². The maximum absolute atomic E-state index is 8.66. The fourth-order valence-electron chi connectivity index (χ4n) is 2.13. The van der Waals surface area contributed by atoms with Gasteiger partial charge in [0.25, 0.3) is 0 Å². The Morgan fingerprint density at radius 2 is 2.29 bits per heavy atom. The molecule has 0 aromatic carbocycles. The van der Waals surface area contributed by atoms with E-state index in [1.807, 2.05) is 0 Å². The minimum absolute atomic E-state index is 0.0213. The molecule has 3 N–H and O–H groups in total. The molecule has 0 bridgehead atoms. The number of nitrogens with two attached hydrogens (primary N) is 1. The van der Waals surface area contributed by atoms with Crippen LogP contribution in [-0.2, 0) is 0 Å². The number of aromatic nitrogens is 1. The van der Waals surface area contributed by atoms with E-state index >= 15 is 0 Å². The minimum Gasteiger partial charge on any atom is -0.491 e. The molecule has 2 rings (SSSR count). The van der Waals surface area contributed by atoms with Gasteiger partial charge in [0, 0.05) is 6.20 Å². The number of rotatable bonds is 4. The highest BCUT2D eigenvalue weighted by molar-refractivity contribution is 5.97. The predicted octanol–water partition coefficient (Wildman–Crippen LogP) is 1.75. The van der Waals surface area contributed by atoms with Crippen molar-refractivity contribution in [1.29, 1.82) is 0 Å². The van der Waals surface area contributed by atoms with Gasteiger partial charge in [-0.1, -0.05) is 18.0 Å². The van der Waals surface area contributed by atoms with Crippen LogP contribution in [0.25, 0.3) is 0 Å². The van der Waals surface area contributed by atoms with E-state index in [2.05, 4.69) is 10.1 Å². The zero-order chi connectivity index (χ0) is 12.1. The van der Waals surface area contributed by atoms with Crippen molar-refractivity contribution >= 4 is 5.84 Å². The van der Waals surface area contributed by atoms with Crippen LogP contribution in [0.1, 0.15) is 31.4 Å². The van der Waals surface area contributed by atoms with Crippen molar-refractivity contribution in [3.63, 3.8) is 0 Å². The fraction of sp³-hybridized carbons (Fsp3) is 0.500. The Labute approximate surface area is 100 Å². The standard InChI is InChI=1S/C12H17N3O2/c13-12(15-16)11-10(6-3-7-14-11)17-8-9-4-1-2-5-9/h3,6-7,9,16H,1-2,4-5,8H2,(H2,13,15). The van der Waals surface area contributed by atoms with E-state index in [0.717, 1.165) is 0 Å². The molecule has 0 radical (unpaired) electrons. The van der Waals surface area contributed by atoms with Crippen molar-refractivity contribution in [3.05, 3.63) is 24.0 Å². The van der Waals surface area contributed by atoms with Crippen molar-refractivity contribution in [2.75, 3.05) is 6.61 Å². The molecule has 0 spiro atoms. The Hall–Kier alpha value is -1.78. The zero-order valence-electron chi connectivity index (χ0n) is 9.67. The van der Waals surface area contributed by atoms with E-state index in [9.17, 15) is 0 Å². The van der Waals surface area contributed by atoms with Crippen LogP contribution in [0.4, 0.5) is 0 Å². The van der Waals surface area contributed by atoms with Crippen molar-refractivity contribution in [2.24, 2.45) is 16.8 Å². The van der Waals surface area contributed by atoms with Gasteiger partial charge in [-0.2, -0.15) is 0 Å². The monoisotopic (exact) mass is 235 g/mol. The van der Waals surface area contributed by atoms with Crippen LogP contribution in [0.2, 0.25) is 0 Å². The largest absolute Gasteiger partial charge is 0.491 e. The first-order valence-electron chi connectivity index (χ1n) is 5.87. The molecule has 1 aliphatic carbocycles. The van der Waals surface area contributed by atoms with Gasteiger partial charge in [-0.05, 0) is 30.9 Å². The summed E-state index contributed by atoms with van der Waals surface area (Å²) in [7, 11) is 0. The smallest absolute Gasteiger partial charge is 0.192 e. The number of amidine groups is 1. The molecule has 0 amide bonds. The summed E-state index contributed by atoms with van der Waals surface area (Å²) in [5.41, 5.74) is 5.93. The maximum atomic E-state index is 8.66. The SMILES string of the molecule is N/C(=N/O)c1ncccc1OCC1CCCC1. The van der Waals surface area contributed by atoms with Gasteiger partial charge >= 0.3 is 0 Å². The Morgan fingerprint density at radius 1 is 1.53 bits per heavy atom. The van der Waals surface area contributed by atoms with Crippen LogP contribution < -0.4 is 10.5 Å². The number of hydrogen-bond donors (Lipinski definition) is 2. The second-order valence-corrected chi connectivity index (χ2v) is 4.30. The third-order valence-corrected chi connectivity index (χ3v) is 3.07. The summed E-state index contributed by atoms with van der Waals surface area (Å²) in [6.45, 7) is 0.678. The maximum Gasteiger partial charge on any atom is 0.192 e. The first-order valence-corrected chi connectivity index (χ1v) is 5.87. The summed E-state index contributed by atoms with van der Waals surface area (Å²) < 4.78 is 5.71. The Bertz CT molecular complexity index is 400. The summed E-state index contributed by atoms with van der Waals surface area (Å²) in [5.74, 6) is 1.18. The molecule has 1 fully saturated rings. The first kappa shape index (κ1) is 11.7. The van der Waals surface area contributed by atoms with Gasteiger partial charge in [-0.25, -0.2) is 4.98 Å². The molecular formula is C12H17N3O2. The fourth-order valence-corrected chi connectivity index (χ4v) is 2.13. The number of hydrogen-bond acceptors (Lipinski definition) is 4. The number of pyridine rings is 1. The van der Waals surface area contributed by atoms with E-state index in [1.54, 1.807) is 18.3 Å². The molecule has 1 heterocycles. The van der Waals surface area contributed by atoms with Crippen LogP contribution in [-0.4, -0.2) is 22.6 Å². The zero-order valence-corrected chi connectivity index (χ0v) is 9.67. The Morgan fingerprint density at radius 3 is 3.00 bits per heavy atom. The van der Waals surface area contributed by atoms with Crippen LogP contribution in [0.3, 0.4) is 0 Å². The van der Waals surface area contributed by atoms with Crippen molar-refractivity contribution in [3.8, 4) is 5.75 Å². The van der Waals surface area contributed by atoms with Gasteiger partial charge in [-0.15, -0.1) is 0 Å². The molecule has 5 heteroatoms. The van der Waals surface area contributed by atoms with Crippen molar-refractivity contribution in [2.45, 2.75) is 25.7 Å². The molecule has 1 aromatic heterocycles. The van der Waals surface area contributed by atoms with E-state index in [1.165, 1.54) is 25.7 Å². The average molecular weight is 235 g/mol. The summed E-state index contributed by atoms with van der Waals surface area (Å²) in [5, 5.41) is 11.6. The summed E-state index contributed by atoms with van der Waals surface area (Å²) in [4.78, 5) is 4.05. The summed E-state index contributed by atoms with van der Waals surface area (Å²) in [6.07, 6.45) is 6.61. The molecule has 92 valence electrons. The van der Waals surface area contributed by atoms with Gasteiger partial charge in [0.05, 0.1) is 6.61 Å². The second-order valence-electron chi connectivity index (χ2n) is 4.30. The molecule has 0 saturated heterocycles. The normalized spacial score (nSPS) is 17.3. The van der Waals surface area contributed by atoms with Crippen LogP contribution in [0.5, 0.6) is 5.75 Å². The topological polar surface area (TPSA) is 80.7 Å². The van der Waals surface area contributed by atoms with Gasteiger partial charge in [-0.3, -0.25) is 0 Å². The van der Waals surface area contributed by atoms with Gasteiger partial charge in [0.2, 0.25) is 0 Å². The minimum atomic E-state index is -0.0213. The number of ether oxygens (including phenoxy) is 1. The lowest BCUT2D eigenvalue weighted by Gasteiger charge is -2.13. The first-order chi connectivity index (χ1) is 8.31. The average Bonchev–Trinajstić information content (AvgIpc) is 2.89. The molecular weight excluding hydrogens is 218 g/mol. The third kappa shape index (κ3) is 2.87. The molecule has 0 unspecified atom stereocenters. The van der Waals surface area contributed by atoms with E-state index < -0.39 is 0 Å².